The highest BCUT2D eigenvalue weighted by Gasteiger charge is 1.97. The highest BCUT2D eigenvalue weighted by molar-refractivity contribution is 5.79. The average molecular weight is 177 g/mol. The minimum absolute atomic E-state index is 0.144. The molecule has 0 atom stereocenters. The monoisotopic (exact) mass is 177 g/mol. The third-order valence-electron chi connectivity index (χ3n) is 1.49. The lowest BCUT2D eigenvalue weighted by Crippen LogP contribution is -2.30. The molecule has 0 aromatic heterocycles. The van der Waals surface area contributed by atoms with Crippen molar-refractivity contribution in [3.63, 3.8) is 0 Å². The number of nitriles is 1. The number of guanidine groups is 1. The minimum Gasteiger partial charge on any atom is -0.369 e. The highest BCUT2D eigenvalue weighted by Crippen LogP contribution is 1.97. The van der Waals surface area contributed by atoms with Gasteiger partial charge in [-0.1, -0.05) is 12.2 Å². The maximum absolute atomic E-state index is 8.21. The molecule has 0 unspecified atom stereocenters. The first-order valence-electron chi connectivity index (χ1n) is 3.85. The van der Waals surface area contributed by atoms with Crippen LogP contribution in [0.5, 0.6) is 0 Å². The first kappa shape index (κ1) is 9.13. The van der Waals surface area contributed by atoms with Gasteiger partial charge in [-0.3, -0.25) is 5.32 Å². The van der Waals surface area contributed by atoms with E-state index in [-0.39, 0.29) is 5.96 Å². The summed E-state index contributed by atoms with van der Waals surface area (Å²) in [6, 6.07) is 0. The van der Waals surface area contributed by atoms with E-state index in [1.165, 1.54) is 0 Å². The smallest absolute Gasteiger partial charge is 0.203 e. The van der Waals surface area contributed by atoms with Crippen LogP contribution in [0, 0.1) is 11.5 Å². The van der Waals surface area contributed by atoms with Crippen LogP contribution in [0.15, 0.2) is 29.4 Å². The Labute approximate surface area is 76.8 Å². The molecule has 0 amide bonds. The summed E-state index contributed by atoms with van der Waals surface area (Å²) in [6.45, 7) is 1.28. The number of hydrogen-bond acceptors (Lipinski definition) is 3. The fourth-order valence-corrected chi connectivity index (χ4v) is 0.876. The molecule has 68 valence electrons. The van der Waals surface area contributed by atoms with E-state index in [2.05, 4.69) is 10.3 Å². The van der Waals surface area contributed by atoms with Crippen LogP contribution in [0.4, 0.5) is 0 Å². The zero-order chi connectivity index (χ0) is 9.52. The Morgan fingerprint density at radius 1 is 1.69 bits per heavy atom. The van der Waals surface area contributed by atoms with Gasteiger partial charge in [0, 0.05) is 12.7 Å². The van der Waals surface area contributed by atoms with E-state index in [0.717, 1.165) is 6.54 Å². The second-order valence-electron chi connectivity index (χ2n) is 2.46. The van der Waals surface area contributed by atoms with Crippen molar-refractivity contribution in [3.8, 4) is 6.19 Å². The SMILES string of the molecule is N#CNC(N)=NCN1C=CC=CC1. The normalized spacial score (nSPS) is 15.6. The molecule has 3 N–H and O–H groups in total. The Hall–Kier alpha value is -1.96. The van der Waals surface area contributed by atoms with E-state index in [1.807, 2.05) is 29.3 Å². The van der Waals surface area contributed by atoms with E-state index in [1.54, 1.807) is 6.19 Å². The molecule has 0 spiro atoms. The zero-order valence-corrected chi connectivity index (χ0v) is 7.14. The largest absolute Gasteiger partial charge is 0.369 e. The molecule has 0 aromatic carbocycles. The van der Waals surface area contributed by atoms with Crippen LogP contribution in [0.25, 0.3) is 0 Å². The summed E-state index contributed by atoms with van der Waals surface area (Å²) in [6.07, 6.45) is 9.53. The second-order valence-corrected chi connectivity index (χ2v) is 2.46. The first-order chi connectivity index (χ1) is 6.33. The van der Waals surface area contributed by atoms with Gasteiger partial charge in [0.05, 0.1) is 0 Å². The summed E-state index contributed by atoms with van der Waals surface area (Å²) in [5, 5.41) is 10.5. The summed E-state index contributed by atoms with van der Waals surface area (Å²) < 4.78 is 0. The van der Waals surface area contributed by atoms with Crippen LogP contribution in [0.1, 0.15) is 0 Å². The van der Waals surface area contributed by atoms with E-state index in [9.17, 15) is 0 Å². The molecule has 0 radical (unpaired) electrons. The van der Waals surface area contributed by atoms with E-state index < -0.39 is 0 Å². The molecule has 0 saturated carbocycles. The van der Waals surface area contributed by atoms with Crippen molar-refractivity contribution >= 4 is 5.96 Å². The van der Waals surface area contributed by atoms with Crippen molar-refractivity contribution in [1.82, 2.24) is 10.2 Å². The highest BCUT2D eigenvalue weighted by atomic mass is 15.2. The Morgan fingerprint density at radius 2 is 2.54 bits per heavy atom. The predicted octanol–water partition coefficient (Wildman–Crippen LogP) is -0.285. The molecule has 0 aliphatic carbocycles. The van der Waals surface area contributed by atoms with Crippen LogP contribution < -0.4 is 11.1 Å². The van der Waals surface area contributed by atoms with Gasteiger partial charge in [-0.05, 0) is 6.08 Å². The van der Waals surface area contributed by atoms with Crippen molar-refractivity contribution in [2.75, 3.05) is 13.2 Å². The molecule has 1 rings (SSSR count). The standard InChI is InChI=1S/C8H11N5/c9-6-11-8(10)12-7-13-4-2-1-3-5-13/h1-4H,5,7H2,(H3,10,11,12). The quantitative estimate of drug-likeness (QED) is 0.263. The number of aliphatic imine (C=N–C) groups is 1. The van der Waals surface area contributed by atoms with Crippen molar-refractivity contribution in [3.05, 3.63) is 24.4 Å². The summed E-state index contributed by atoms with van der Waals surface area (Å²) in [5.41, 5.74) is 5.35. The van der Waals surface area contributed by atoms with Crippen LogP contribution in [0.3, 0.4) is 0 Å². The van der Waals surface area contributed by atoms with E-state index in [0.29, 0.717) is 6.67 Å². The lowest BCUT2D eigenvalue weighted by Gasteiger charge is -2.17. The molecule has 13 heavy (non-hydrogen) atoms. The summed E-state index contributed by atoms with van der Waals surface area (Å²) in [5.74, 6) is 0.144. The van der Waals surface area contributed by atoms with Crippen LogP contribution in [-0.4, -0.2) is 24.1 Å². The fraction of sp³-hybridized carbons (Fsp3) is 0.250. The molecule has 1 heterocycles. The van der Waals surface area contributed by atoms with Crippen LogP contribution in [-0.2, 0) is 0 Å². The second kappa shape index (κ2) is 4.83. The Bertz CT molecular complexity index is 283. The molecular formula is C8H11N5. The Morgan fingerprint density at radius 3 is 3.15 bits per heavy atom. The number of allylic oxidation sites excluding steroid dienone is 2. The molecule has 0 bridgehead atoms. The summed E-state index contributed by atoms with van der Waals surface area (Å²) in [4.78, 5) is 5.90. The van der Waals surface area contributed by atoms with Gasteiger partial charge in [-0.15, -0.1) is 0 Å². The van der Waals surface area contributed by atoms with Gasteiger partial charge >= 0.3 is 0 Å². The van der Waals surface area contributed by atoms with Gasteiger partial charge in [0.1, 0.15) is 6.67 Å². The van der Waals surface area contributed by atoms with Gasteiger partial charge < -0.3 is 10.6 Å². The maximum atomic E-state index is 8.21. The fourth-order valence-electron chi connectivity index (χ4n) is 0.876. The molecule has 5 heteroatoms. The van der Waals surface area contributed by atoms with Gasteiger partial charge in [-0.25, -0.2) is 4.99 Å². The van der Waals surface area contributed by atoms with Gasteiger partial charge in [0.2, 0.25) is 5.96 Å². The van der Waals surface area contributed by atoms with Crippen molar-refractivity contribution in [2.24, 2.45) is 10.7 Å². The zero-order valence-electron chi connectivity index (χ0n) is 7.14. The average Bonchev–Trinajstić information content (AvgIpc) is 2.17. The molecule has 0 aromatic rings. The Balaban J connectivity index is 2.34. The molecule has 1 aliphatic rings. The lowest BCUT2D eigenvalue weighted by molar-refractivity contribution is 0.426. The number of nitrogens with one attached hydrogen (secondary N) is 1. The predicted molar refractivity (Wildman–Crippen MR) is 50.2 cm³/mol. The minimum atomic E-state index is 0.144. The maximum Gasteiger partial charge on any atom is 0.203 e. The number of nitrogens with two attached hydrogens (primary N) is 1. The van der Waals surface area contributed by atoms with E-state index >= 15 is 0 Å². The first-order valence-corrected chi connectivity index (χ1v) is 3.85. The van der Waals surface area contributed by atoms with Gasteiger partial charge in [-0.2, -0.15) is 5.26 Å². The molecule has 5 nitrogen and oxygen atoms in total. The lowest BCUT2D eigenvalue weighted by atomic mass is 10.4. The third kappa shape index (κ3) is 3.29. The molecule has 0 saturated heterocycles. The van der Waals surface area contributed by atoms with Crippen LogP contribution in [0.2, 0.25) is 0 Å². The van der Waals surface area contributed by atoms with Crippen molar-refractivity contribution < 1.29 is 0 Å². The van der Waals surface area contributed by atoms with E-state index in [4.69, 9.17) is 11.0 Å². The molecular weight excluding hydrogens is 166 g/mol. The number of nitrogens with zero attached hydrogens (tertiary/aromatic N) is 3. The van der Waals surface area contributed by atoms with Crippen molar-refractivity contribution in [2.45, 2.75) is 0 Å². The topological polar surface area (TPSA) is 77.4 Å². The summed E-state index contributed by atoms with van der Waals surface area (Å²) in [7, 11) is 0. The Kier molecular flexibility index (Phi) is 3.39. The van der Waals surface area contributed by atoms with Crippen molar-refractivity contribution in [1.29, 1.82) is 5.26 Å². The van der Waals surface area contributed by atoms with Gasteiger partial charge in [0.25, 0.3) is 0 Å². The molecule has 0 fully saturated rings. The summed E-state index contributed by atoms with van der Waals surface area (Å²) >= 11 is 0. The number of hydrogen-bond donors (Lipinski definition) is 2. The number of rotatable bonds is 2. The van der Waals surface area contributed by atoms with Crippen LogP contribution >= 0.6 is 0 Å². The van der Waals surface area contributed by atoms with Gasteiger partial charge in [0.15, 0.2) is 6.19 Å². The third-order valence-corrected chi connectivity index (χ3v) is 1.49. The molecule has 1 aliphatic heterocycles.